The van der Waals surface area contributed by atoms with Crippen molar-refractivity contribution in [3.63, 3.8) is 0 Å². The van der Waals surface area contributed by atoms with Crippen molar-refractivity contribution in [1.29, 1.82) is 0 Å². The zero-order chi connectivity index (χ0) is 27.1. The number of nitrogens with zero attached hydrogens (tertiary/aromatic N) is 4. The third kappa shape index (κ3) is 4.26. The van der Waals surface area contributed by atoms with Crippen LogP contribution in [-0.2, 0) is 0 Å². The largest absolute Gasteiger partial charge is 0.496 e. The monoisotopic (exact) mass is 531 g/mol. The van der Waals surface area contributed by atoms with E-state index in [4.69, 9.17) is 17.0 Å². The van der Waals surface area contributed by atoms with Gasteiger partial charge in [-0.25, -0.2) is 4.39 Å². The van der Waals surface area contributed by atoms with Crippen LogP contribution in [0.15, 0.2) is 66.9 Å². The van der Waals surface area contributed by atoms with E-state index in [0.29, 0.717) is 22.1 Å². The van der Waals surface area contributed by atoms with Gasteiger partial charge in [-0.3, -0.25) is 15.1 Å². The van der Waals surface area contributed by atoms with Crippen LogP contribution in [-0.4, -0.2) is 26.7 Å². The van der Waals surface area contributed by atoms with Gasteiger partial charge >= 0.3 is 0 Å². The van der Waals surface area contributed by atoms with Crippen LogP contribution in [0.4, 0.5) is 15.8 Å². The molecule has 1 saturated heterocycles. The highest BCUT2D eigenvalue weighted by Gasteiger charge is 2.42. The summed E-state index contributed by atoms with van der Waals surface area (Å²) in [7, 11) is 1.47. The van der Waals surface area contributed by atoms with Crippen molar-refractivity contribution in [2.24, 2.45) is 0 Å². The van der Waals surface area contributed by atoms with E-state index in [1.165, 1.54) is 19.2 Å². The molecule has 4 aromatic rings. The van der Waals surface area contributed by atoms with E-state index in [1.54, 1.807) is 37.4 Å². The summed E-state index contributed by atoms with van der Waals surface area (Å²) in [6.07, 6.45) is 1.73. The maximum atomic E-state index is 14.2. The van der Waals surface area contributed by atoms with E-state index in [2.05, 4.69) is 10.3 Å². The second-order valence-electron chi connectivity index (χ2n) is 9.20. The number of pyridine rings is 1. The molecule has 1 aliphatic heterocycles. The number of halogens is 1. The number of hydrogen-bond acceptors (Lipinski definition) is 5. The Hall–Kier alpha value is -4.31. The molecule has 0 saturated carbocycles. The summed E-state index contributed by atoms with van der Waals surface area (Å²) < 4.78 is 21.3. The summed E-state index contributed by atoms with van der Waals surface area (Å²) in [5.41, 5.74) is 4.96. The van der Waals surface area contributed by atoms with Crippen molar-refractivity contribution in [2.75, 3.05) is 12.0 Å². The van der Waals surface area contributed by atoms with Gasteiger partial charge in [-0.15, -0.1) is 0 Å². The van der Waals surface area contributed by atoms with Gasteiger partial charge in [0.05, 0.1) is 35.9 Å². The molecule has 2 aromatic heterocycles. The highest BCUT2D eigenvalue weighted by atomic mass is 32.1. The number of nitro benzene ring substituents is 1. The lowest BCUT2D eigenvalue weighted by Gasteiger charge is -2.28. The van der Waals surface area contributed by atoms with Crippen LogP contribution < -0.4 is 15.0 Å². The predicted molar refractivity (Wildman–Crippen MR) is 148 cm³/mol. The normalized spacial score (nSPS) is 17.0. The molecular formula is C28H26FN5O3S. The quantitative estimate of drug-likeness (QED) is 0.185. The highest BCUT2D eigenvalue weighted by Crippen LogP contribution is 2.44. The van der Waals surface area contributed by atoms with E-state index in [9.17, 15) is 14.5 Å². The van der Waals surface area contributed by atoms with Crippen molar-refractivity contribution >= 4 is 28.7 Å². The van der Waals surface area contributed by atoms with Gasteiger partial charge in [-0.05, 0) is 92.6 Å². The third-order valence-electron chi connectivity index (χ3n) is 6.93. The molecule has 0 aliphatic carbocycles. The zero-order valence-electron chi connectivity index (χ0n) is 21.3. The maximum Gasteiger partial charge on any atom is 0.296 e. The first-order valence-corrected chi connectivity index (χ1v) is 12.4. The molecule has 0 amide bonds. The van der Waals surface area contributed by atoms with E-state index in [1.807, 2.05) is 47.6 Å². The minimum absolute atomic E-state index is 0.0648. The summed E-state index contributed by atoms with van der Waals surface area (Å²) in [4.78, 5) is 18.1. The number of ether oxygens (including phenoxy) is 1. The molecule has 2 aromatic carbocycles. The van der Waals surface area contributed by atoms with Crippen LogP contribution in [0.1, 0.15) is 40.3 Å². The summed E-state index contributed by atoms with van der Waals surface area (Å²) in [6, 6.07) is 16.8. The lowest BCUT2D eigenvalue weighted by Crippen LogP contribution is -2.29. The molecule has 1 aliphatic rings. The molecule has 2 unspecified atom stereocenters. The Bertz CT molecular complexity index is 1560. The van der Waals surface area contributed by atoms with Crippen LogP contribution in [0.3, 0.4) is 0 Å². The average Bonchev–Trinajstić information content (AvgIpc) is 3.40. The molecular weight excluding hydrogens is 505 g/mol. The zero-order valence-corrected chi connectivity index (χ0v) is 22.1. The molecule has 0 spiro atoms. The minimum atomic E-state index is -0.410. The number of nitrogens with one attached hydrogen (secondary N) is 1. The van der Waals surface area contributed by atoms with Crippen LogP contribution >= 0.6 is 12.2 Å². The Labute approximate surface area is 224 Å². The number of aryl methyl sites for hydroxylation is 2. The highest BCUT2D eigenvalue weighted by molar-refractivity contribution is 7.80. The van der Waals surface area contributed by atoms with Gasteiger partial charge in [0.1, 0.15) is 17.3 Å². The topological polar surface area (TPSA) is 85.5 Å². The number of benzene rings is 2. The van der Waals surface area contributed by atoms with Crippen LogP contribution in [0.2, 0.25) is 0 Å². The number of rotatable bonds is 6. The number of thiocarbonyl (C=S) groups is 1. The maximum absolute atomic E-state index is 14.2. The van der Waals surface area contributed by atoms with Gasteiger partial charge in [-0.1, -0.05) is 6.07 Å². The average molecular weight is 532 g/mol. The first-order valence-electron chi connectivity index (χ1n) is 12.0. The fourth-order valence-electron chi connectivity index (χ4n) is 5.15. The fourth-order valence-corrected chi connectivity index (χ4v) is 5.50. The van der Waals surface area contributed by atoms with Gasteiger partial charge in [0, 0.05) is 23.3 Å². The SMILES string of the molecule is COc1ccc(-n2c(C)cc(C3C(c4ccccn4)NC(=S)N3c3ccc(F)c(C)c3)c2C)c([N+](=O)[O-])c1. The lowest BCUT2D eigenvalue weighted by molar-refractivity contribution is -0.384. The smallest absolute Gasteiger partial charge is 0.296 e. The van der Waals surface area contributed by atoms with Gasteiger partial charge < -0.3 is 19.5 Å². The van der Waals surface area contributed by atoms with E-state index >= 15 is 0 Å². The standard InChI is InChI=1S/C28H26FN5O3S/c1-16-13-19(8-10-22(16)29)33-27(26(31-28(33)38)23-7-5-6-12-30-23)21-14-17(2)32(18(21)3)24-11-9-20(37-4)15-25(24)34(35)36/h5-15,26-27H,1-4H3,(H,31,38). The second-order valence-corrected chi connectivity index (χ2v) is 9.59. The minimum Gasteiger partial charge on any atom is -0.496 e. The number of aromatic nitrogens is 2. The van der Waals surface area contributed by atoms with E-state index < -0.39 is 4.92 Å². The molecule has 5 rings (SSSR count). The molecule has 194 valence electrons. The number of methoxy groups -OCH3 is 1. The fraction of sp³-hybridized carbons (Fsp3) is 0.214. The van der Waals surface area contributed by atoms with Crippen molar-refractivity contribution in [3.05, 3.63) is 111 Å². The van der Waals surface area contributed by atoms with Crippen LogP contribution in [0, 0.1) is 36.7 Å². The van der Waals surface area contributed by atoms with Crippen molar-refractivity contribution in [3.8, 4) is 11.4 Å². The molecule has 10 heteroatoms. The number of nitro groups is 1. The Morgan fingerprint density at radius 3 is 2.55 bits per heavy atom. The lowest BCUT2D eigenvalue weighted by atomic mass is 9.96. The molecule has 3 heterocycles. The molecule has 8 nitrogen and oxygen atoms in total. The van der Waals surface area contributed by atoms with Crippen molar-refractivity contribution < 1.29 is 14.1 Å². The van der Waals surface area contributed by atoms with Crippen LogP contribution in [0.25, 0.3) is 5.69 Å². The molecule has 1 N–H and O–H groups in total. The van der Waals surface area contributed by atoms with Crippen molar-refractivity contribution in [2.45, 2.75) is 32.9 Å². The molecule has 0 bridgehead atoms. The summed E-state index contributed by atoms with van der Waals surface area (Å²) in [6.45, 7) is 5.56. The van der Waals surface area contributed by atoms with Gasteiger partial charge in [0.25, 0.3) is 5.69 Å². The molecule has 1 fully saturated rings. The third-order valence-corrected chi connectivity index (χ3v) is 7.24. The van der Waals surface area contributed by atoms with Gasteiger partial charge in [0.2, 0.25) is 0 Å². The van der Waals surface area contributed by atoms with Crippen LogP contribution in [0.5, 0.6) is 5.75 Å². The first-order chi connectivity index (χ1) is 18.2. The van der Waals surface area contributed by atoms with Gasteiger partial charge in [-0.2, -0.15) is 0 Å². The predicted octanol–water partition coefficient (Wildman–Crippen LogP) is 6.03. The summed E-state index contributed by atoms with van der Waals surface area (Å²) in [5.74, 6) is 0.108. The Morgan fingerprint density at radius 1 is 1.11 bits per heavy atom. The summed E-state index contributed by atoms with van der Waals surface area (Å²) in [5, 5.41) is 15.9. The number of anilines is 1. The second kappa shape index (κ2) is 9.86. The molecule has 38 heavy (non-hydrogen) atoms. The first kappa shape index (κ1) is 25.3. The van der Waals surface area contributed by atoms with Gasteiger partial charge in [0.15, 0.2) is 5.11 Å². The Morgan fingerprint density at radius 2 is 1.89 bits per heavy atom. The van der Waals surface area contributed by atoms with Crippen molar-refractivity contribution in [1.82, 2.24) is 14.9 Å². The molecule has 2 atom stereocenters. The Kier molecular flexibility index (Phi) is 6.58. The molecule has 0 radical (unpaired) electrons. The number of hydrogen-bond donors (Lipinski definition) is 1. The van der Waals surface area contributed by atoms with E-state index in [0.717, 1.165) is 28.3 Å². The van der Waals surface area contributed by atoms with E-state index in [-0.39, 0.29) is 23.6 Å². The summed E-state index contributed by atoms with van der Waals surface area (Å²) >= 11 is 5.80. The Balaban J connectivity index is 1.71.